The van der Waals surface area contributed by atoms with Crippen molar-refractivity contribution in [3.05, 3.63) is 0 Å². The molecule has 0 aliphatic rings. The molecule has 0 rings (SSSR count). The van der Waals surface area contributed by atoms with Gasteiger partial charge in [-0.25, -0.2) is 0 Å². The lowest BCUT2D eigenvalue weighted by Gasteiger charge is -2.22. The summed E-state index contributed by atoms with van der Waals surface area (Å²) in [7, 11) is 1.60. The molecule has 2 atom stereocenters. The molecule has 0 aromatic carbocycles. The number of carboxylic acids is 1. The number of aliphatic carboxylic acids is 1. The summed E-state index contributed by atoms with van der Waals surface area (Å²) in [5.41, 5.74) is -0.334. The van der Waals surface area contributed by atoms with Crippen LogP contribution < -0.4 is 10.6 Å². The Balaban J connectivity index is 3.97. The van der Waals surface area contributed by atoms with E-state index in [0.29, 0.717) is 25.9 Å². The summed E-state index contributed by atoms with van der Waals surface area (Å²) >= 11 is 0. The Morgan fingerprint density at radius 3 is 2.12 bits per heavy atom. The van der Waals surface area contributed by atoms with Gasteiger partial charge in [-0.3, -0.25) is 14.4 Å². The van der Waals surface area contributed by atoms with Gasteiger partial charge in [0, 0.05) is 32.0 Å². The van der Waals surface area contributed by atoms with Crippen molar-refractivity contribution >= 4 is 17.8 Å². The fourth-order valence-electron chi connectivity index (χ4n) is 1.63. The first-order valence-electron chi connectivity index (χ1n) is 8.54. The van der Waals surface area contributed by atoms with Crippen LogP contribution in [0.25, 0.3) is 0 Å². The average molecular weight is 370 g/mol. The molecule has 0 saturated heterocycles. The van der Waals surface area contributed by atoms with E-state index in [-0.39, 0.29) is 18.3 Å². The Morgan fingerprint density at radius 1 is 1.08 bits per heavy atom. The van der Waals surface area contributed by atoms with Crippen LogP contribution in [0.4, 0.5) is 0 Å². The monoisotopic (exact) mass is 370 g/mol. The molecule has 2 amide bonds. The Hall–Kier alpha value is -2.11. The first-order valence-corrected chi connectivity index (χ1v) is 8.54. The molecule has 0 heterocycles. The number of hydrogen-bond acceptors (Lipinski definition) is 5. The summed E-state index contributed by atoms with van der Waals surface area (Å²) in [5, 5.41) is 13.9. The minimum absolute atomic E-state index is 0.115. The topological polar surface area (TPSA) is 114 Å². The van der Waals surface area contributed by atoms with E-state index in [1.165, 1.54) is 0 Å². The van der Waals surface area contributed by atoms with Crippen LogP contribution in [0.2, 0.25) is 0 Å². The number of ether oxygens (including phenoxy) is 2. The summed E-state index contributed by atoms with van der Waals surface area (Å²) in [6.45, 7) is 8.01. The van der Waals surface area contributed by atoms with Gasteiger partial charge >= 0.3 is 5.97 Å². The molecule has 0 aliphatic carbocycles. The van der Waals surface area contributed by atoms with E-state index in [1.807, 2.05) is 13.8 Å². The molecule has 2 unspecified atom stereocenters. The molecule has 0 spiro atoms. The fraction of sp³-hybridized carbons (Fsp3) is 0.722. The van der Waals surface area contributed by atoms with Crippen LogP contribution in [-0.2, 0) is 23.9 Å². The molecule has 26 heavy (non-hydrogen) atoms. The van der Waals surface area contributed by atoms with Gasteiger partial charge in [0.15, 0.2) is 0 Å². The summed E-state index contributed by atoms with van der Waals surface area (Å²) in [6.07, 6.45) is 0.942. The highest BCUT2D eigenvalue weighted by atomic mass is 16.5. The van der Waals surface area contributed by atoms with Crippen molar-refractivity contribution < 1.29 is 29.0 Å². The summed E-state index contributed by atoms with van der Waals surface area (Å²) in [4.78, 5) is 33.8. The van der Waals surface area contributed by atoms with E-state index in [0.717, 1.165) is 0 Å². The van der Waals surface area contributed by atoms with Crippen LogP contribution >= 0.6 is 0 Å². The Labute approximate surface area is 155 Å². The van der Waals surface area contributed by atoms with Gasteiger partial charge in [0.05, 0.1) is 24.2 Å². The quantitative estimate of drug-likeness (QED) is 0.458. The summed E-state index contributed by atoms with van der Waals surface area (Å²) in [6, 6.07) is 0. The predicted molar refractivity (Wildman–Crippen MR) is 96.3 cm³/mol. The molecule has 148 valence electrons. The van der Waals surface area contributed by atoms with Gasteiger partial charge < -0.3 is 25.2 Å². The van der Waals surface area contributed by atoms with E-state index < -0.39 is 23.7 Å². The molecule has 8 heteroatoms. The van der Waals surface area contributed by atoms with Crippen molar-refractivity contribution in [2.45, 2.75) is 52.2 Å². The van der Waals surface area contributed by atoms with Gasteiger partial charge in [-0.2, -0.15) is 0 Å². The zero-order valence-corrected chi connectivity index (χ0v) is 16.2. The van der Waals surface area contributed by atoms with Gasteiger partial charge in [-0.15, -0.1) is 0 Å². The highest BCUT2D eigenvalue weighted by Gasteiger charge is 2.15. The van der Waals surface area contributed by atoms with Gasteiger partial charge in [0.1, 0.15) is 0 Å². The first kappa shape index (κ1) is 23.9. The maximum atomic E-state index is 11.6. The van der Waals surface area contributed by atoms with Crippen molar-refractivity contribution in [2.24, 2.45) is 5.92 Å². The average Bonchev–Trinajstić information content (AvgIpc) is 2.57. The van der Waals surface area contributed by atoms with Gasteiger partial charge in [0.25, 0.3) is 11.8 Å². The highest BCUT2D eigenvalue weighted by Crippen LogP contribution is 2.11. The maximum absolute atomic E-state index is 11.6. The van der Waals surface area contributed by atoms with Crippen LogP contribution in [0.3, 0.4) is 0 Å². The number of methoxy groups -OCH3 is 1. The standard InChI is InChI=1S/C18H30N2O6/c1-13(17(23)24)12-26-14(2)8-10-19-15(21)6-7-16(22)20-11-9-18(3,4)25-5/h13-14H,8-12H2,1-5H3,(H,19,21)(H,20,22)(H,23,24). The van der Waals surface area contributed by atoms with Gasteiger partial charge in [0.2, 0.25) is 0 Å². The molecule has 0 aromatic heterocycles. The number of nitrogens with one attached hydrogen (secondary N) is 2. The smallest absolute Gasteiger partial charge is 0.308 e. The predicted octanol–water partition coefficient (Wildman–Crippen LogP) is 0.553. The van der Waals surface area contributed by atoms with Gasteiger partial charge in [-0.1, -0.05) is 0 Å². The van der Waals surface area contributed by atoms with Crippen LogP contribution in [0.15, 0.2) is 0 Å². The molecule has 0 aliphatic heterocycles. The molecular formula is C18H30N2O6. The number of rotatable bonds is 11. The molecule has 0 radical (unpaired) electrons. The molecule has 0 fully saturated rings. The molecule has 8 nitrogen and oxygen atoms in total. The van der Waals surface area contributed by atoms with Crippen LogP contribution in [0, 0.1) is 17.8 Å². The van der Waals surface area contributed by atoms with Crippen molar-refractivity contribution in [2.75, 3.05) is 26.8 Å². The zero-order chi connectivity index (χ0) is 20.2. The van der Waals surface area contributed by atoms with E-state index in [2.05, 4.69) is 22.5 Å². The van der Waals surface area contributed by atoms with Crippen LogP contribution in [0.5, 0.6) is 0 Å². The number of carbonyl (C=O) groups excluding carboxylic acids is 2. The summed E-state index contributed by atoms with van der Waals surface area (Å²) < 4.78 is 10.6. The lowest BCUT2D eigenvalue weighted by Crippen LogP contribution is -2.31. The minimum atomic E-state index is -0.912. The third kappa shape index (κ3) is 12.3. The second-order valence-electron chi connectivity index (χ2n) is 6.65. The number of carbonyl (C=O) groups is 3. The maximum Gasteiger partial charge on any atom is 0.308 e. The zero-order valence-electron chi connectivity index (χ0n) is 16.2. The second kappa shape index (κ2) is 12.3. The fourth-order valence-corrected chi connectivity index (χ4v) is 1.63. The van der Waals surface area contributed by atoms with Crippen molar-refractivity contribution in [3.63, 3.8) is 0 Å². The van der Waals surface area contributed by atoms with Crippen LogP contribution in [0.1, 0.15) is 40.5 Å². The Morgan fingerprint density at radius 2 is 1.62 bits per heavy atom. The van der Waals surface area contributed by atoms with Gasteiger partial charge in [-0.05, 0) is 40.5 Å². The largest absolute Gasteiger partial charge is 0.481 e. The van der Waals surface area contributed by atoms with Crippen molar-refractivity contribution in [3.8, 4) is 11.8 Å². The highest BCUT2D eigenvalue weighted by molar-refractivity contribution is 6.02. The van der Waals surface area contributed by atoms with Crippen molar-refractivity contribution in [1.29, 1.82) is 0 Å². The van der Waals surface area contributed by atoms with Crippen LogP contribution in [-0.4, -0.2) is 61.4 Å². The second-order valence-corrected chi connectivity index (χ2v) is 6.65. The van der Waals surface area contributed by atoms with E-state index in [4.69, 9.17) is 14.6 Å². The molecule has 3 N–H and O–H groups in total. The number of amides is 2. The minimum Gasteiger partial charge on any atom is -0.481 e. The molecule has 0 bridgehead atoms. The Bertz CT molecular complexity index is 536. The molecule has 0 aromatic rings. The normalized spacial score (nSPS) is 13.1. The molecule has 0 saturated carbocycles. The number of hydrogen-bond donors (Lipinski definition) is 3. The Kier molecular flexibility index (Phi) is 11.3. The first-order chi connectivity index (χ1) is 12.1. The third-order valence-corrected chi connectivity index (χ3v) is 3.74. The van der Waals surface area contributed by atoms with E-state index in [1.54, 1.807) is 21.0 Å². The van der Waals surface area contributed by atoms with E-state index in [9.17, 15) is 14.4 Å². The molecular weight excluding hydrogens is 340 g/mol. The van der Waals surface area contributed by atoms with Crippen molar-refractivity contribution in [1.82, 2.24) is 10.6 Å². The lowest BCUT2D eigenvalue weighted by atomic mass is 10.1. The summed E-state index contributed by atoms with van der Waals surface area (Å²) in [5.74, 6) is 1.88. The van der Waals surface area contributed by atoms with E-state index >= 15 is 0 Å². The lowest BCUT2D eigenvalue weighted by molar-refractivity contribution is -0.143. The third-order valence-electron chi connectivity index (χ3n) is 3.74. The number of carboxylic acid groups (broad SMARTS) is 1. The SMILES string of the molecule is COC(C)(C)CCNC(=O)C#CC(=O)NCCC(C)OCC(C)C(=O)O.